The normalized spacial score (nSPS) is 21.5. The van der Waals surface area contributed by atoms with Crippen LogP contribution in [0.1, 0.15) is 48.1 Å². The molecular weight excluding hydrogens is 523 g/mol. The first-order chi connectivity index (χ1) is 19.8. The van der Waals surface area contributed by atoms with Gasteiger partial charge in [0.15, 0.2) is 17.3 Å². The lowest BCUT2D eigenvalue weighted by molar-refractivity contribution is -0.384. The molecule has 3 atom stereocenters. The van der Waals surface area contributed by atoms with Gasteiger partial charge in [-0.15, -0.1) is 0 Å². The Hall–Kier alpha value is -5.24. The van der Waals surface area contributed by atoms with Crippen molar-refractivity contribution in [1.29, 1.82) is 0 Å². The molecule has 0 amide bonds. The van der Waals surface area contributed by atoms with Crippen molar-refractivity contribution >= 4 is 34.8 Å². The molecule has 1 spiro atoms. The molecule has 7 rings (SSSR count). The minimum Gasteiger partial charge on any atom is -0.352 e. The SMILES string of the molecule is O=C(c1ccccc1)[C@@H]1[C@@H](c2cccc([N+](=O)[O-])c2)C2(C(=O)c3ccccc3C2=O)[C@H]2C=Cc3cc(F)ccc3N12. The third kappa shape index (κ3) is 3.34. The molecule has 3 aliphatic rings. The molecule has 4 aromatic rings. The molecule has 1 aliphatic carbocycles. The molecular formula is C33H21FN2O5. The second kappa shape index (κ2) is 8.89. The first-order valence-corrected chi connectivity index (χ1v) is 13.1. The molecule has 2 aliphatic heterocycles. The van der Waals surface area contributed by atoms with E-state index in [1.54, 1.807) is 83.8 Å². The molecule has 7 nitrogen and oxygen atoms in total. The number of non-ortho nitro benzene ring substituents is 1. The Morgan fingerprint density at radius 3 is 2.22 bits per heavy atom. The third-order valence-corrected chi connectivity index (χ3v) is 8.53. The van der Waals surface area contributed by atoms with Crippen molar-refractivity contribution < 1.29 is 23.7 Å². The Morgan fingerprint density at radius 2 is 1.54 bits per heavy atom. The average Bonchev–Trinajstić information content (AvgIpc) is 3.43. The topological polar surface area (TPSA) is 97.6 Å². The fraction of sp³-hybridized carbons (Fsp3) is 0.121. The van der Waals surface area contributed by atoms with Crippen LogP contribution in [0.5, 0.6) is 0 Å². The summed E-state index contributed by atoms with van der Waals surface area (Å²) in [6, 6.07) is 23.0. The van der Waals surface area contributed by atoms with E-state index in [0.29, 0.717) is 22.4 Å². The summed E-state index contributed by atoms with van der Waals surface area (Å²) in [5, 5.41) is 11.8. The maximum atomic E-state index is 14.6. The molecule has 200 valence electrons. The van der Waals surface area contributed by atoms with Gasteiger partial charge in [-0.3, -0.25) is 24.5 Å². The number of nitrogens with zero attached hydrogens (tertiary/aromatic N) is 2. The summed E-state index contributed by atoms with van der Waals surface area (Å²) in [7, 11) is 0. The monoisotopic (exact) mass is 544 g/mol. The van der Waals surface area contributed by atoms with Crippen LogP contribution in [-0.4, -0.2) is 34.4 Å². The van der Waals surface area contributed by atoms with Crippen molar-refractivity contribution in [3.05, 3.63) is 147 Å². The Morgan fingerprint density at radius 1 is 0.854 bits per heavy atom. The van der Waals surface area contributed by atoms with E-state index in [2.05, 4.69) is 0 Å². The smallest absolute Gasteiger partial charge is 0.269 e. The second-order valence-electron chi connectivity index (χ2n) is 10.5. The quantitative estimate of drug-likeness (QED) is 0.134. The highest BCUT2D eigenvalue weighted by Gasteiger charge is 2.71. The molecule has 8 heteroatoms. The molecule has 1 saturated heterocycles. The predicted molar refractivity (Wildman–Crippen MR) is 150 cm³/mol. The summed E-state index contributed by atoms with van der Waals surface area (Å²) < 4.78 is 14.3. The van der Waals surface area contributed by atoms with Gasteiger partial charge < -0.3 is 4.90 Å². The number of hydrogen-bond acceptors (Lipinski definition) is 6. The number of rotatable bonds is 4. The molecule has 2 heterocycles. The highest BCUT2D eigenvalue weighted by molar-refractivity contribution is 6.32. The Kier molecular flexibility index (Phi) is 5.37. The molecule has 4 aromatic carbocycles. The maximum absolute atomic E-state index is 14.6. The fourth-order valence-corrected chi connectivity index (χ4v) is 6.93. The van der Waals surface area contributed by atoms with Crippen LogP contribution in [0.3, 0.4) is 0 Å². The van der Waals surface area contributed by atoms with E-state index in [4.69, 9.17) is 0 Å². The van der Waals surface area contributed by atoms with Crippen LogP contribution in [0.25, 0.3) is 6.08 Å². The van der Waals surface area contributed by atoms with E-state index < -0.39 is 45.7 Å². The van der Waals surface area contributed by atoms with Gasteiger partial charge in [-0.25, -0.2) is 4.39 Å². The van der Waals surface area contributed by atoms with E-state index in [9.17, 15) is 28.9 Å². The number of Topliss-reactive ketones (excluding diaryl/α,β-unsaturated/α-hetero) is 3. The van der Waals surface area contributed by atoms with Crippen LogP contribution in [0.4, 0.5) is 15.8 Å². The summed E-state index contributed by atoms with van der Waals surface area (Å²) in [4.78, 5) is 56.7. The maximum Gasteiger partial charge on any atom is 0.269 e. The van der Waals surface area contributed by atoms with Crippen LogP contribution in [0.15, 0.2) is 103 Å². The number of anilines is 1. The predicted octanol–water partition coefficient (Wildman–Crippen LogP) is 6.05. The van der Waals surface area contributed by atoms with Gasteiger partial charge in [-0.2, -0.15) is 0 Å². The van der Waals surface area contributed by atoms with Crippen molar-refractivity contribution in [2.45, 2.75) is 18.0 Å². The molecule has 1 fully saturated rings. The van der Waals surface area contributed by atoms with Crippen LogP contribution < -0.4 is 4.90 Å². The highest BCUT2D eigenvalue weighted by Crippen LogP contribution is 2.61. The summed E-state index contributed by atoms with van der Waals surface area (Å²) in [6.07, 6.45) is 3.36. The van der Waals surface area contributed by atoms with Gasteiger partial charge >= 0.3 is 0 Å². The number of benzene rings is 4. The number of hydrogen-bond donors (Lipinski definition) is 0. The summed E-state index contributed by atoms with van der Waals surface area (Å²) in [6.45, 7) is 0. The first-order valence-electron chi connectivity index (χ1n) is 13.1. The van der Waals surface area contributed by atoms with Crippen molar-refractivity contribution in [1.82, 2.24) is 0 Å². The third-order valence-electron chi connectivity index (χ3n) is 8.53. The summed E-state index contributed by atoms with van der Waals surface area (Å²) >= 11 is 0. The van der Waals surface area contributed by atoms with E-state index >= 15 is 0 Å². The largest absolute Gasteiger partial charge is 0.352 e. The Balaban J connectivity index is 1.57. The Bertz CT molecular complexity index is 1800. The number of carbonyl (C=O) groups excluding carboxylic acids is 3. The van der Waals surface area contributed by atoms with E-state index in [1.165, 1.54) is 30.3 Å². The van der Waals surface area contributed by atoms with Gasteiger partial charge in [0.05, 0.1) is 11.0 Å². The van der Waals surface area contributed by atoms with E-state index in [0.717, 1.165) is 0 Å². The summed E-state index contributed by atoms with van der Waals surface area (Å²) in [5.41, 5.74) is 0.164. The minimum atomic E-state index is -1.80. The van der Waals surface area contributed by atoms with Gasteiger partial charge in [-0.1, -0.05) is 78.9 Å². The second-order valence-corrected chi connectivity index (χ2v) is 10.5. The zero-order valence-corrected chi connectivity index (χ0v) is 21.4. The number of halogens is 1. The highest BCUT2D eigenvalue weighted by atomic mass is 19.1. The van der Waals surface area contributed by atoms with Gasteiger partial charge in [0, 0.05) is 46.0 Å². The standard InChI is InChI=1S/C33H21FN2O5/c34-22-14-15-26-20(17-22)13-16-27-33(31(38)24-11-4-5-12-25(24)32(33)39)28(21-9-6-10-23(18-21)36(40)41)29(35(26)27)30(37)19-7-2-1-3-8-19/h1-18,27-29H/t27-,28-,29+/m1/s1. The average molecular weight is 545 g/mol. The lowest BCUT2D eigenvalue weighted by atomic mass is 9.64. The summed E-state index contributed by atoms with van der Waals surface area (Å²) in [5.74, 6) is -2.80. The molecule has 0 bridgehead atoms. The lowest BCUT2D eigenvalue weighted by Crippen LogP contribution is -2.48. The lowest BCUT2D eigenvalue weighted by Gasteiger charge is -2.37. The van der Waals surface area contributed by atoms with Crippen LogP contribution >= 0.6 is 0 Å². The van der Waals surface area contributed by atoms with Crippen LogP contribution in [-0.2, 0) is 0 Å². The zero-order chi connectivity index (χ0) is 28.5. The van der Waals surface area contributed by atoms with Gasteiger partial charge in [0.25, 0.3) is 5.69 Å². The van der Waals surface area contributed by atoms with Gasteiger partial charge in [0.2, 0.25) is 0 Å². The van der Waals surface area contributed by atoms with Crippen molar-refractivity contribution in [2.24, 2.45) is 5.41 Å². The molecule has 0 saturated carbocycles. The molecule has 0 N–H and O–H groups in total. The Labute approximate surface area is 233 Å². The van der Waals surface area contributed by atoms with Crippen molar-refractivity contribution in [2.75, 3.05) is 4.90 Å². The molecule has 41 heavy (non-hydrogen) atoms. The number of nitro groups is 1. The molecule has 0 aromatic heterocycles. The number of carbonyl (C=O) groups is 3. The molecule has 0 unspecified atom stereocenters. The first kappa shape index (κ1) is 24.8. The fourth-order valence-electron chi connectivity index (χ4n) is 6.93. The van der Waals surface area contributed by atoms with Crippen molar-refractivity contribution in [3.63, 3.8) is 0 Å². The number of fused-ring (bicyclic) bond motifs is 5. The molecule has 0 radical (unpaired) electrons. The van der Waals surface area contributed by atoms with Gasteiger partial charge in [0.1, 0.15) is 17.3 Å². The van der Waals surface area contributed by atoms with Crippen molar-refractivity contribution in [3.8, 4) is 0 Å². The minimum absolute atomic E-state index is 0.221. The van der Waals surface area contributed by atoms with E-state index in [-0.39, 0.29) is 22.6 Å². The van der Waals surface area contributed by atoms with Gasteiger partial charge in [-0.05, 0) is 23.8 Å². The number of ketones is 3. The zero-order valence-electron chi connectivity index (χ0n) is 21.4. The number of nitro benzene ring substituents is 1. The van der Waals surface area contributed by atoms with Crippen LogP contribution in [0.2, 0.25) is 0 Å². The van der Waals surface area contributed by atoms with E-state index in [1.807, 2.05) is 0 Å². The van der Waals surface area contributed by atoms with Crippen LogP contribution in [0, 0.1) is 21.3 Å².